The predicted octanol–water partition coefficient (Wildman–Crippen LogP) is 5.59. The van der Waals surface area contributed by atoms with E-state index in [4.69, 9.17) is 9.72 Å². The zero-order chi connectivity index (χ0) is 21.3. The number of carbonyl (C=O) groups is 1. The van der Waals surface area contributed by atoms with E-state index in [1.165, 1.54) is 30.7 Å². The van der Waals surface area contributed by atoms with Gasteiger partial charge in [0.05, 0.1) is 28.0 Å². The number of nitrogens with one attached hydrogen (secondary N) is 1. The molecule has 1 aliphatic rings. The molecule has 1 amide bonds. The molecule has 0 spiro atoms. The molecular formula is C23H28N4O2S. The molecule has 0 unspecified atom stereocenters. The molecule has 0 atom stereocenters. The van der Waals surface area contributed by atoms with E-state index in [1.807, 2.05) is 12.1 Å². The van der Waals surface area contributed by atoms with E-state index in [1.54, 1.807) is 37.6 Å². The van der Waals surface area contributed by atoms with Crippen LogP contribution in [0.3, 0.4) is 0 Å². The van der Waals surface area contributed by atoms with Crippen LogP contribution in [-0.4, -0.2) is 28.0 Å². The Morgan fingerprint density at radius 3 is 2.63 bits per heavy atom. The van der Waals surface area contributed by atoms with Crippen LogP contribution in [0.25, 0.3) is 10.2 Å². The van der Waals surface area contributed by atoms with Crippen molar-refractivity contribution >= 4 is 33.1 Å². The Labute approximate surface area is 181 Å². The van der Waals surface area contributed by atoms with Gasteiger partial charge in [-0.3, -0.25) is 4.79 Å². The van der Waals surface area contributed by atoms with Crippen molar-refractivity contribution < 1.29 is 9.53 Å². The summed E-state index contributed by atoms with van der Waals surface area (Å²) in [5.41, 5.74) is 1.88. The molecule has 6 nitrogen and oxygen atoms in total. The van der Waals surface area contributed by atoms with E-state index < -0.39 is 0 Å². The molecule has 1 N–H and O–H groups in total. The third-order valence-electron chi connectivity index (χ3n) is 6.05. The van der Waals surface area contributed by atoms with E-state index in [0.29, 0.717) is 28.9 Å². The molecular weight excluding hydrogens is 396 g/mol. The molecule has 7 heteroatoms. The Bertz CT molecular complexity index is 1050. The number of benzene rings is 1. The summed E-state index contributed by atoms with van der Waals surface area (Å²) < 4.78 is 6.59. The second-order valence-electron chi connectivity index (χ2n) is 8.37. The van der Waals surface area contributed by atoms with E-state index >= 15 is 0 Å². The molecule has 1 fully saturated rings. The number of hydrogen-bond acceptors (Lipinski definition) is 6. The molecule has 3 aromatic rings. The third-order valence-corrected chi connectivity index (χ3v) is 7.23. The Morgan fingerprint density at radius 2 is 1.97 bits per heavy atom. The molecule has 158 valence electrons. The number of methoxy groups -OCH3 is 1. The molecule has 4 rings (SSSR count). The highest BCUT2D eigenvalue weighted by Crippen LogP contribution is 2.42. The minimum Gasteiger partial charge on any atom is -0.494 e. The second kappa shape index (κ2) is 8.68. The maximum atomic E-state index is 12.6. The topological polar surface area (TPSA) is 77.0 Å². The number of hydrogen-bond donors (Lipinski definition) is 1. The molecule has 0 bridgehead atoms. The van der Waals surface area contributed by atoms with Gasteiger partial charge in [0, 0.05) is 18.2 Å². The van der Waals surface area contributed by atoms with Crippen molar-refractivity contribution in [2.24, 2.45) is 11.8 Å². The summed E-state index contributed by atoms with van der Waals surface area (Å²) in [6.45, 7) is 6.41. The standard InChI is InChI=1S/C23H28N4O2S/c1-13(2)15-5-7-16(8-6-15)23-27-19-11-20(29-4)18(12-21(19)30-23)26-22(28)17-9-10-24-14(3)25-17/h9-13,15-16H,5-8H2,1-4H3,(H,26,28). The van der Waals surface area contributed by atoms with Gasteiger partial charge < -0.3 is 10.1 Å². The Morgan fingerprint density at radius 1 is 1.20 bits per heavy atom. The zero-order valence-corrected chi connectivity index (χ0v) is 18.8. The van der Waals surface area contributed by atoms with Crippen LogP contribution in [0.2, 0.25) is 0 Å². The molecule has 0 saturated heterocycles. The van der Waals surface area contributed by atoms with E-state index in [9.17, 15) is 4.79 Å². The zero-order valence-electron chi connectivity index (χ0n) is 17.9. The molecule has 2 heterocycles. The summed E-state index contributed by atoms with van der Waals surface area (Å²) in [6, 6.07) is 5.47. The largest absolute Gasteiger partial charge is 0.494 e. The third kappa shape index (κ3) is 4.31. The van der Waals surface area contributed by atoms with Crippen molar-refractivity contribution in [2.45, 2.75) is 52.4 Å². The average Bonchev–Trinajstić information content (AvgIpc) is 3.16. The van der Waals surface area contributed by atoms with Crippen LogP contribution in [0, 0.1) is 18.8 Å². The number of fused-ring (bicyclic) bond motifs is 1. The minimum absolute atomic E-state index is 0.283. The first kappa shape index (κ1) is 20.7. The van der Waals surface area contributed by atoms with Crippen LogP contribution >= 0.6 is 11.3 Å². The van der Waals surface area contributed by atoms with Crippen molar-refractivity contribution in [3.05, 3.63) is 40.9 Å². The van der Waals surface area contributed by atoms with Crippen molar-refractivity contribution in [3.63, 3.8) is 0 Å². The summed E-state index contributed by atoms with van der Waals surface area (Å²) in [5.74, 6) is 3.00. The molecule has 0 aliphatic heterocycles. The Hall–Kier alpha value is -2.54. The van der Waals surface area contributed by atoms with Crippen LogP contribution in [0.15, 0.2) is 24.4 Å². The number of thiazole rings is 1. The summed E-state index contributed by atoms with van der Waals surface area (Å²) in [5, 5.41) is 4.13. The van der Waals surface area contributed by atoms with Gasteiger partial charge in [-0.05, 0) is 56.6 Å². The van der Waals surface area contributed by atoms with Gasteiger partial charge in [0.1, 0.15) is 17.3 Å². The monoisotopic (exact) mass is 424 g/mol. The lowest BCUT2D eigenvalue weighted by molar-refractivity contribution is 0.102. The number of aromatic nitrogens is 3. The van der Waals surface area contributed by atoms with Crippen LogP contribution in [-0.2, 0) is 0 Å². The van der Waals surface area contributed by atoms with Gasteiger partial charge in [-0.2, -0.15) is 0 Å². The molecule has 30 heavy (non-hydrogen) atoms. The van der Waals surface area contributed by atoms with Crippen LogP contribution < -0.4 is 10.1 Å². The van der Waals surface area contributed by atoms with Crippen molar-refractivity contribution in [1.29, 1.82) is 0 Å². The maximum absolute atomic E-state index is 12.6. The number of rotatable bonds is 5. The summed E-state index contributed by atoms with van der Waals surface area (Å²) in [4.78, 5) is 25.8. The van der Waals surface area contributed by atoms with E-state index in [2.05, 4.69) is 29.1 Å². The fourth-order valence-corrected chi connectivity index (χ4v) is 5.37. The Balaban J connectivity index is 1.57. The van der Waals surface area contributed by atoms with Gasteiger partial charge in [-0.1, -0.05) is 13.8 Å². The van der Waals surface area contributed by atoms with Crippen molar-refractivity contribution in [3.8, 4) is 5.75 Å². The number of carbonyl (C=O) groups excluding carboxylic acids is 1. The van der Waals surface area contributed by atoms with Crippen molar-refractivity contribution in [1.82, 2.24) is 15.0 Å². The number of nitrogens with zero attached hydrogens (tertiary/aromatic N) is 3. The van der Waals surface area contributed by atoms with E-state index in [0.717, 1.165) is 22.1 Å². The van der Waals surface area contributed by atoms with Crippen molar-refractivity contribution in [2.75, 3.05) is 12.4 Å². The fraction of sp³-hybridized carbons (Fsp3) is 0.478. The SMILES string of the molecule is COc1cc2nc(C3CCC(C(C)C)CC3)sc2cc1NC(=O)c1ccnc(C)n1. The first-order valence-corrected chi connectivity index (χ1v) is 11.4. The number of aryl methyl sites for hydroxylation is 1. The maximum Gasteiger partial charge on any atom is 0.274 e. The highest BCUT2D eigenvalue weighted by Gasteiger charge is 2.26. The predicted molar refractivity (Wildman–Crippen MR) is 120 cm³/mol. The second-order valence-corrected chi connectivity index (χ2v) is 9.43. The molecule has 1 aliphatic carbocycles. The van der Waals surface area contributed by atoms with Gasteiger partial charge in [-0.25, -0.2) is 15.0 Å². The first-order valence-electron chi connectivity index (χ1n) is 10.5. The smallest absolute Gasteiger partial charge is 0.274 e. The highest BCUT2D eigenvalue weighted by molar-refractivity contribution is 7.18. The average molecular weight is 425 g/mol. The number of anilines is 1. The Kier molecular flexibility index (Phi) is 5.99. The van der Waals surface area contributed by atoms with Gasteiger partial charge in [-0.15, -0.1) is 11.3 Å². The summed E-state index contributed by atoms with van der Waals surface area (Å²) >= 11 is 1.73. The lowest BCUT2D eigenvalue weighted by Gasteiger charge is -2.29. The number of amides is 1. The van der Waals surface area contributed by atoms with Gasteiger partial charge >= 0.3 is 0 Å². The van der Waals surface area contributed by atoms with Gasteiger partial charge in [0.25, 0.3) is 5.91 Å². The summed E-state index contributed by atoms with van der Waals surface area (Å²) in [6.07, 6.45) is 6.55. The molecule has 1 aromatic carbocycles. The van der Waals surface area contributed by atoms with Crippen LogP contribution in [0.5, 0.6) is 5.75 Å². The molecule has 2 aromatic heterocycles. The number of ether oxygens (including phenoxy) is 1. The van der Waals surface area contributed by atoms with Crippen LogP contribution in [0.1, 0.15) is 66.8 Å². The highest BCUT2D eigenvalue weighted by atomic mass is 32.1. The van der Waals surface area contributed by atoms with Gasteiger partial charge in [0.2, 0.25) is 0 Å². The first-order chi connectivity index (χ1) is 14.4. The lowest BCUT2D eigenvalue weighted by atomic mass is 9.77. The molecule has 0 radical (unpaired) electrons. The fourth-order valence-electron chi connectivity index (χ4n) is 4.22. The van der Waals surface area contributed by atoms with E-state index in [-0.39, 0.29) is 5.91 Å². The molecule has 1 saturated carbocycles. The van der Waals surface area contributed by atoms with Gasteiger partial charge in [0.15, 0.2) is 0 Å². The summed E-state index contributed by atoms with van der Waals surface area (Å²) in [7, 11) is 1.60. The normalized spacial score (nSPS) is 19.2. The quantitative estimate of drug-likeness (QED) is 0.578. The minimum atomic E-state index is -0.283. The van der Waals surface area contributed by atoms with Crippen LogP contribution in [0.4, 0.5) is 5.69 Å². The lowest BCUT2D eigenvalue weighted by Crippen LogP contribution is -2.17.